The van der Waals surface area contributed by atoms with E-state index in [1.807, 2.05) is 0 Å². The number of carbonyl (C=O) groups is 2. The molecule has 0 aromatic carbocycles. The standard InChI is InChI=1S/C15H29NO4/c1-4-6-8-10-19-14(17)12-13(16-3)15(18)20-11-9-7-5-2/h13,16H,4-12H2,1-3H3/t13-/m1/s1. The molecule has 0 fully saturated rings. The topological polar surface area (TPSA) is 64.6 Å². The summed E-state index contributed by atoms with van der Waals surface area (Å²) in [6.07, 6.45) is 6.00. The molecule has 0 unspecified atom stereocenters. The first-order valence-electron chi connectivity index (χ1n) is 7.65. The van der Waals surface area contributed by atoms with Crippen LogP contribution >= 0.6 is 0 Å². The zero-order valence-corrected chi connectivity index (χ0v) is 13.1. The molecule has 5 heteroatoms. The van der Waals surface area contributed by atoms with Gasteiger partial charge in [-0.3, -0.25) is 9.59 Å². The Morgan fingerprint density at radius 1 is 0.950 bits per heavy atom. The quantitative estimate of drug-likeness (QED) is 0.441. The Hall–Kier alpha value is -1.10. The molecule has 0 rings (SSSR count). The van der Waals surface area contributed by atoms with Gasteiger partial charge in [0.2, 0.25) is 0 Å². The molecule has 0 spiro atoms. The van der Waals surface area contributed by atoms with Gasteiger partial charge in [-0.2, -0.15) is 0 Å². The Bertz CT molecular complexity index is 269. The van der Waals surface area contributed by atoms with Gasteiger partial charge in [-0.05, 0) is 19.9 Å². The average molecular weight is 287 g/mol. The zero-order valence-electron chi connectivity index (χ0n) is 13.1. The van der Waals surface area contributed by atoms with E-state index in [4.69, 9.17) is 9.47 Å². The summed E-state index contributed by atoms with van der Waals surface area (Å²) < 4.78 is 10.2. The van der Waals surface area contributed by atoms with Gasteiger partial charge in [0.05, 0.1) is 19.6 Å². The maximum absolute atomic E-state index is 11.8. The predicted molar refractivity (Wildman–Crippen MR) is 78.4 cm³/mol. The van der Waals surface area contributed by atoms with Crippen LogP contribution in [0.25, 0.3) is 0 Å². The molecular weight excluding hydrogens is 258 g/mol. The molecule has 0 saturated heterocycles. The highest BCUT2D eigenvalue weighted by atomic mass is 16.5. The van der Waals surface area contributed by atoms with Crippen LogP contribution in [-0.4, -0.2) is 38.2 Å². The van der Waals surface area contributed by atoms with Gasteiger partial charge in [-0.15, -0.1) is 0 Å². The van der Waals surface area contributed by atoms with Crippen molar-refractivity contribution in [3.05, 3.63) is 0 Å². The van der Waals surface area contributed by atoms with E-state index in [2.05, 4.69) is 19.2 Å². The van der Waals surface area contributed by atoms with E-state index in [0.717, 1.165) is 38.5 Å². The van der Waals surface area contributed by atoms with Crippen LogP contribution in [0.3, 0.4) is 0 Å². The normalized spacial score (nSPS) is 11.9. The zero-order chi connectivity index (χ0) is 15.2. The fourth-order valence-electron chi connectivity index (χ4n) is 1.69. The minimum absolute atomic E-state index is 0.0231. The Kier molecular flexibility index (Phi) is 12.2. The van der Waals surface area contributed by atoms with Gasteiger partial charge in [-0.1, -0.05) is 39.5 Å². The number of hydrogen-bond donors (Lipinski definition) is 1. The molecular formula is C15H29NO4. The third kappa shape index (κ3) is 9.78. The number of hydrogen-bond acceptors (Lipinski definition) is 5. The Morgan fingerprint density at radius 3 is 2.00 bits per heavy atom. The Balaban J connectivity index is 3.87. The molecule has 0 aliphatic rings. The highest BCUT2D eigenvalue weighted by Crippen LogP contribution is 2.02. The summed E-state index contributed by atoms with van der Waals surface area (Å²) in [5.41, 5.74) is 0. The first kappa shape index (κ1) is 18.9. The summed E-state index contributed by atoms with van der Waals surface area (Å²) in [6, 6.07) is -0.615. The Labute approximate surface area is 122 Å². The van der Waals surface area contributed by atoms with Crippen molar-refractivity contribution < 1.29 is 19.1 Å². The molecule has 0 bridgehead atoms. The lowest BCUT2D eigenvalue weighted by molar-refractivity contribution is -0.152. The summed E-state index contributed by atoms with van der Waals surface area (Å²) in [5, 5.41) is 2.80. The van der Waals surface area contributed by atoms with E-state index in [1.165, 1.54) is 0 Å². The van der Waals surface area contributed by atoms with Crippen LogP contribution in [0.1, 0.15) is 58.8 Å². The van der Waals surface area contributed by atoms with Gasteiger partial charge in [0.25, 0.3) is 0 Å². The molecule has 20 heavy (non-hydrogen) atoms. The van der Waals surface area contributed by atoms with Crippen LogP contribution in [-0.2, 0) is 19.1 Å². The molecule has 0 saturated carbocycles. The third-order valence-corrected chi connectivity index (χ3v) is 3.01. The van der Waals surface area contributed by atoms with Crippen LogP contribution in [0.15, 0.2) is 0 Å². The number of rotatable bonds is 12. The highest BCUT2D eigenvalue weighted by molar-refractivity contribution is 5.82. The molecule has 0 radical (unpaired) electrons. The molecule has 0 aliphatic carbocycles. The van der Waals surface area contributed by atoms with Crippen molar-refractivity contribution in [2.45, 2.75) is 64.8 Å². The van der Waals surface area contributed by atoms with Gasteiger partial charge in [0, 0.05) is 0 Å². The summed E-state index contributed by atoms with van der Waals surface area (Å²) >= 11 is 0. The second-order valence-corrected chi connectivity index (χ2v) is 4.85. The Morgan fingerprint density at radius 2 is 1.50 bits per heavy atom. The van der Waals surface area contributed by atoms with E-state index >= 15 is 0 Å². The smallest absolute Gasteiger partial charge is 0.323 e. The van der Waals surface area contributed by atoms with Gasteiger partial charge >= 0.3 is 11.9 Å². The number of carbonyl (C=O) groups excluding carboxylic acids is 2. The summed E-state index contributed by atoms with van der Waals surface area (Å²) in [6.45, 7) is 5.02. The van der Waals surface area contributed by atoms with Crippen LogP contribution < -0.4 is 5.32 Å². The minimum Gasteiger partial charge on any atom is -0.466 e. The van der Waals surface area contributed by atoms with E-state index < -0.39 is 6.04 Å². The lowest BCUT2D eigenvalue weighted by Crippen LogP contribution is -2.38. The van der Waals surface area contributed by atoms with Crippen molar-refractivity contribution in [1.82, 2.24) is 5.32 Å². The first-order chi connectivity index (χ1) is 9.65. The molecule has 118 valence electrons. The molecule has 1 N–H and O–H groups in total. The fourth-order valence-corrected chi connectivity index (χ4v) is 1.69. The van der Waals surface area contributed by atoms with Crippen LogP contribution in [0.2, 0.25) is 0 Å². The van der Waals surface area contributed by atoms with Gasteiger partial charge in [0.15, 0.2) is 0 Å². The SMILES string of the molecule is CCCCCOC(=O)C[C@@H](NC)C(=O)OCCCCC. The highest BCUT2D eigenvalue weighted by Gasteiger charge is 2.22. The van der Waals surface area contributed by atoms with E-state index in [1.54, 1.807) is 7.05 Å². The molecule has 0 aliphatic heterocycles. The van der Waals surface area contributed by atoms with Crippen molar-refractivity contribution in [2.75, 3.05) is 20.3 Å². The van der Waals surface area contributed by atoms with E-state index in [9.17, 15) is 9.59 Å². The van der Waals surface area contributed by atoms with Gasteiger partial charge < -0.3 is 14.8 Å². The lowest BCUT2D eigenvalue weighted by atomic mass is 10.2. The van der Waals surface area contributed by atoms with Crippen molar-refractivity contribution in [3.8, 4) is 0 Å². The summed E-state index contributed by atoms with van der Waals surface area (Å²) in [4.78, 5) is 23.3. The summed E-state index contributed by atoms with van der Waals surface area (Å²) in [7, 11) is 1.64. The largest absolute Gasteiger partial charge is 0.466 e. The van der Waals surface area contributed by atoms with Crippen LogP contribution in [0.4, 0.5) is 0 Å². The van der Waals surface area contributed by atoms with Gasteiger partial charge in [0.1, 0.15) is 6.04 Å². The van der Waals surface area contributed by atoms with E-state index in [0.29, 0.717) is 13.2 Å². The summed E-state index contributed by atoms with van der Waals surface area (Å²) in [5.74, 6) is -0.736. The second-order valence-electron chi connectivity index (χ2n) is 4.85. The second kappa shape index (κ2) is 12.9. The molecule has 0 aromatic rings. The predicted octanol–water partition coefficient (Wildman–Crippen LogP) is 2.43. The van der Waals surface area contributed by atoms with Crippen LogP contribution in [0.5, 0.6) is 0 Å². The fraction of sp³-hybridized carbons (Fsp3) is 0.867. The molecule has 0 heterocycles. The molecule has 0 aromatic heterocycles. The lowest BCUT2D eigenvalue weighted by Gasteiger charge is -2.14. The molecule has 5 nitrogen and oxygen atoms in total. The minimum atomic E-state index is -0.615. The first-order valence-corrected chi connectivity index (χ1v) is 7.65. The van der Waals surface area contributed by atoms with Gasteiger partial charge in [-0.25, -0.2) is 0 Å². The van der Waals surface area contributed by atoms with Crippen molar-refractivity contribution >= 4 is 11.9 Å². The molecule has 1 atom stereocenters. The number of unbranched alkanes of at least 4 members (excludes halogenated alkanes) is 4. The number of esters is 2. The average Bonchev–Trinajstić information content (AvgIpc) is 2.45. The van der Waals surface area contributed by atoms with Crippen molar-refractivity contribution in [2.24, 2.45) is 0 Å². The number of likely N-dealkylation sites (N-methyl/N-ethyl adjacent to an activating group) is 1. The molecule has 0 amide bonds. The van der Waals surface area contributed by atoms with Crippen molar-refractivity contribution in [1.29, 1.82) is 0 Å². The number of ether oxygens (including phenoxy) is 2. The maximum atomic E-state index is 11.8. The maximum Gasteiger partial charge on any atom is 0.323 e. The monoisotopic (exact) mass is 287 g/mol. The number of nitrogens with one attached hydrogen (secondary N) is 1. The van der Waals surface area contributed by atoms with Crippen LogP contribution in [0, 0.1) is 0 Å². The van der Waals surface area contributed by atoms with Crippen molar-refractivity contribution in [3.63, 3.8) is 0 Å². The van der Waals surface area contributed by atoms with E-state index in [-0.39, 0.29) is 18.4 Å². The third-order valence-electron chi connectivity index (χ3n) is 3.01.